The van der Waals surface area contributed by atoms with Crippen LogP contribution in [0.1, 0.15) is 0 Å². The molecule has 0 amide bonds. The van der Waals surface area contributed by atoms with E-state index < -0.39 is 0 Å². The smallest absolute Gasteiger partial charge is 0.162 e. The molecule has 4 aromatic carbocycles. The molecule has 5 aromatic rings. The highest BCUT2D eigenvalue weighted by Gasteiger charge is 2.14. The lowest BCUT2D eigenvalue weighted by Gasteiger charge is -2.13. The quantitative estimate of drug-likeness (QED) is 0.278. The van der Waals surface area contributed by atoms with E-state index in [1.54, 1.807) is 0 Å². The average molecular weight is 419 g/mol. The van der Waals surface area contributed by atoms with Crippen molar-refractivity contribution in [3.63, 3.8) is 0 Å². The van der Waals surface area contributed by atoms with E-state index in [1.807, 2.05) is 72.8 Å². The fraction of sp³-hybridized carbons (Fsp3) is 0. The fourth-order valence-electron chi connectivity index (χ4n) is 3.80. The monoisotopic (exact) mass is 418 g/mol. The molecule has 0 aliphatic carbocycles. The van der Waals surface area contributed by atoms with Crippen LogP contribution in [0.2, 0.25) is 5.15 Å². The Hall–Kier alpha value is -3.75. The van der Waals surface area contributed by atoms with Crippen molar-refractivity contribution in [2.24, 2.45) is 0 Å². The van der Waals surface area contributed by atoms with Gasteiger partial charge in [-0.05, 0) is 22.3 Å². The van der Waals surface area contributed by atoms with Crippen molar-refractivity contribution in [1.29, 1.82) is 0 Å². The molecule has 31 heavy (non-hydrogen) atoms. The van der Waals surface area contributed by atoms with Crippen molar-refractivity contribution >= 4 is 11.6 Å². The van der Waals surface area contributed by atoms with E-state index >= 15 is 0 Å². The molecule has 148 valence electrons. The van der Waals surface area contributed by atoms with E-state index in [0.29, 0.717) is 11.0 Å². The van der Waals surface area contributed by atoms with Crippen LogP contribution in [0.25, 0.3) is 44.9 Å². The van der Waals surface area contributed by atoms with Gasteiger partial charge in [-0.15, -0.1) is 0 Å². The molecule has 5 rings (SSSR count). The summed E-state index contributed by atoms with van der Waals surface area (Å²) in [5.74, 6) is 0.616. The predicted octanol–water partition coefficient (Wildman–Crippen LogP) is 7.80. The van der Waals surface area contributed by atoms with Crippen molar-refractivity contribution < 1.29 is 0 Å². The van der Waals surface area contributed by atoms with E-state index in [2.05, 4.69) is 47.4 Å². The Morgan fingerprint density at radius 3 is 1.48 bits per heavy atom. The number of hydrogen-bond donors (Lipinski definition) is 0. The van der Waals surface area contributed by atoms with E-state index in [-0.39, 0.29) is 0 Å². The molecule has 3 heteroatoms. The fourth-order valence-corrected chi connectivity index (χ4v) is 3.98. The molecule has 0 atom stereocenters. The SMILES string of the molecule is Clc1cc(-c2ccccc2-c2ccccc2)nc(-c2ccccc2-c2ccccc2)n1. The Morgan fingerprint density at radius 1 is 0.452 bits per heavy atom. The molecule has 0 bridgehead atoms. The lowest BCUT2D eigenvalue weighted by Crippen LogP contribution is -1.96. The molecule has 0 aliphatic rings. The van der Waals surface area contributed by atoms with Crippen LogP contribution < -0.4 is 0 Å². The van der Waals surface area contributed by atoms with E-state index in [0.717, 1.165) is 39.1 Å². The zero-order valence-corrected chi connectivity index (χ0v) is 17.5. The van der Waals surface area contributed by atoms with Gasteiger partial charge in [0.05, 0.1) is 5.69 Å². The van der Waals surface area contributed by atoms with Gasteiger partial charge in [-0.1, -0.05) is 121 Å². The third-order valence-corrected chi connectivity index (χ3v) is 5.43. The molecule has 0 saturated carbocycles. The minimum absolute atomic E-state index is 0.422. The standard InChI is InChI=1S/C28H19ClN2/c29-27-19-26(24-17-9-7-15-22(24)20-11-3-1-4-12-20)30-28(31-27)25-18-10-8-16-23(25)21-13-5-2-6-14-21/h1-19H. The second kappa shape index (κ2) is 8.55. The van der Waals surface area contributed by atoms with Crippen LogP contribution in [0.5, 0.6) is 0 Å². The van der Waals surface area contributed by atoms with Crippen LogP contribution in [0, 0.1) is 0 Å². The maximum atomic E-state index is 6.50. The largest absolute Gasteiger partial charge is 0.228 e. The molecule has 0 spiro atoms. The Bertz CT molecular complexity index is 1230. The molecule has 0 N–H and O–H groups in total. The van der Waals surface area contributed by atoms with Crippen molar-refractivity contribution in [1.82, 2.24) is 9.97 Å². The molecule has 1 aromatic heterocycles. The summed E-state index contributed by atoms with van der Waals surface area (Å²) < 4.78 is 0. The minimum atomic E-state index is 0.422. The lowest BCUT2D eigenvalue weighted by atomic mass is 9.97. The first-order valence-corrected chi connectivity index (χ1v) is 10.5. The van der Waals surface area contributed by atoms with Crippen molar-refractivity contribution in [3.8, 4) is 44.9 Å². The topological polar surface area (TPSA) is 25.8 Å². The first-order chi connectivity index (χ1) is 15.3. The summed E-state index contributed by atoms with van der Waals surface area (Å²) in [6, 6.07) is 38.8. The van der Waals surface area contributed by atoms with Gasteiger partial charge in [0.2, 0.25) is 0 Å². The number of nitrogens with zero attached hydrogens (tertiary/aromatic N) is 2. The van der Waals surface area contributed by atoms with Gasteiger partial charge in [0.1, 0.15) is 5.15 Å². The molecule has 0 unspecified atom stereocenters. The lowest BCUT2D eigenvalue weighted by molar-refractivity contribution is 1.18. The summed E-state index contributed by atoms with van der Waals surface area (Å²) in [7, 11) is 0. The van der Waals surface area contributed by atoms with Crippen LogP contribution in [0.15, 0.2) is 115 Å². The first-order valence-electron chi connectivity index (χ1n) is 10.1. The van der Waals surface area contributed by atoms with Crippen molar-refractivity contribution in [3.05, 3.63) is 120 Å². The highest BCUT2D eigenvalue weighted by Crippen LogP contribution is 2.35. The third-order valence-electron chi connectivity index (χ3n) is 5.24. The number of halogens is 1. The molecular weight excluding hydrogens is 400 g/mol. The predicted molar refractivity (Wildman–Crippen MR) is 129 cm³/mol. The second-order valence-electron chi connectivity index (χ2n) is 7.22. The van der Waals surface area contributed by atoms with Gasteiger partial charge in [0.15, 0.2) is 5.82 Å². The van der Waals surface area contributed by atoms with Gasteiger partial charge in [0.25, 0.3) is 0 Å². The van der Waals surface area contributed by atoms with E-state index in [1.165, 1.54) is 0 Å². The van der Waals surface area contributed by atoms with Crippen LogP contribution >= 0.6 is 11.6 Å². The third kappa shape index (κ3) is 3.98. The molecule has 0 aliphatic heterocycles. The highest BCUT2D eigenvalue weighted by atomic mass is 35.5. The second-order valence-corrected chi connectivity index (χ2v) is 7.61. The zero-order chi connectivity index (χ0) is 21.0. The summed E-state index contributed by atoms with van der Waals surface area (Å²) in [5.41, 5.74) is 7.23. The summed E-state index contributed by atoms with van der Waals surface area (Å²) in [5, 5.41) is 0.422. The Morgan fingerprint density at radius 2 is 0.903 bits per heavy atom. The van der Waals surface area contributed by atoms with Gasteiger partial charge in [-0.25, -0.2) is 9.97 Å². The maximum Gasteiger partial charge on any atom is 0.162 e. The van der Waals surface area contributed by atoms with E-state index in [9.17, 15) is 0 Å². The van der Waals surface area contributed by atoms with Gasteiger partial charge >= 0.3 is 0 Å². The van der Waals surface area contributed by atoms with Crippen LogP contribution in [-0.2, 0) is 0 Å². The van der Waals surface area contributed by atoms with Crippen LogP contribution in [0.4, 0.5) is 0 Å². The summed E-state index contributed by atoms with van der Waals surface area (Å²) in [6.45, 7) is 0. The number of hydrogen-bond acceptors (Lipinski definition) is 2. The van der Waals surface area contributed by atoms with Crippen LogP contribution in [0.3, 0.4) is 0 Å². The number of rotatable bonds is 4. The van der Waals surface area contributed by atoms with Crippen LogP contribution in [-0.4, -0.2) is 9.97 Å². The molecule has 0 fully saturated rings. The van der Waals surface area contributed by atoms with Crippen molar-refractivity contribution in [2.75, 3.05) is 0 Å². The van der Waals surface area contributed by atoms with Gasteiger partial charge in [-0.2, -0.15) is 0 Å². The number of aromatic nitrogens is 2. The molecule has 0 saturated heterocycles. The highest BCUT2D eigenvalue weighted by molar-refractivity contribution is 6.29. The average Bonchev–Trinajstić information content (AvgIpc) is 2.85. The Balaban J connectivity index is 1.68. The minimum Gasteiger partial charge on any atom is -0.228 e. The van der Waals surface area contributed by atoms with Gasteiger partial charge in [-0.3, -0.25) is 0 Å². The van der Waals surface area contributed by atoms with Gasteiger partial charge < -0.3 is 0 Å². The molecule has 1 heterocycles. The normalized spacial score (nSPS) is 10.7. The summed E-state index contributed by atoms with van der Waals surface area (Å²) >= 11 is 6.50. The van der Waals surface area contributed by atoms with Crippen molar-refractivity contribution in [2.45, 2.75) is 0 Å². The molecular formula is C28H19ClN2. The number of benzene rings is 4. The summed E-state index contributed by atoms with van der Waals surface area (Å²) in [6.07, 6.45) is 0. The molecule has 2 nitrogen and oxygen atoms in total. The molecule has 0 radical (unpaired) electrons. The zero-order valence-electron chi connectivity index (χ0n) is 16.7. The Kier molecular flexibility index (Phi) is 5.30. The summed E-state index contributed by atoms with van der Waals surface area (Å²) in [4.78, 5) is 9.52. The van der Waals surface area contributed by atoms with Gasteiger partial charge in [0, 0.05) is 17.2 Å². The Labute approximate surface area is 186 Å². The first kappa shape index (κ1) is 19.2. The maximum absolute atomic E-state index is 6.50. The van der Waals surface area contributed by atoms with E-state index in [4.69, 9.17) is 16.6 Å².